The third-order valence-corrected chi connectivity index (χ3v) is 9.72. The number of hydrogen-bond acceptors (Lipinski definition) is 15. The molecule has 0 radical (unpaired) electrons. The quantitative estimate of drug-likeness (QED) is 0.0163. The van der Waals surface area contributed by atoms with E-state index in [0.717, 1.165) is 6.92 Å². The molecular formula is C40H69N11O17. The second kappa shape index (κ2) is 31.3. The third-order valence-electron chi connectivity index (χ3n) is 9.72. The summed E-state index contributed by atoms with van der Waals surface area (Å²) in [5, 5.41) is 82.9. The summed E-state index contributed by atoms with van der Waals surface area (Å²) in [5.74, 6) is -14.3. The number of nitrogens with two attached hydrogens (primary N) is 2. The molecule has 0 aliphatic rings. The number of guanidine groups is 1. The van der Waals surface area contributed by atoms with Crippen LogP contribution in [-0.2, 0) is 52.7 Å². The Morgan fingerprint density at radius 1 is 0.500 bits per heavy atom. The Kier molecular flexibility index (Phi) is 28.2. The Morgan fingerprint density at radius 3 is 1.19 bits per heavy atom. The maximum atomic E-state index is 13.8. The zero-order valence-electron chi connectivity index (χ0n) is 38.7. The summed E-state index contributed by atoms with van der Waals surface area (Å²) in [6.07, 6.45) is -5.45. The highest BCUT2D eigenvalue weighted by molar-refractivity contribution is 5.98. The number of carbonyl (C=O) groups is 11. The first-order chi connectivity index (χ1) is 31.6. The van der Waals surface area contributed by atoms with Gasteiger partial charge in [-0.05, 0) is 63.7 Å². The van der Waals surface area contributed by atoms with Gasteiger partial charge in [-0.1, -0.05) is 27.7 Å². The molecule has 7 amide bonds. The van der Waals surface area contributed by atoms with Crippen LogP contribution in [0.5, 0.6) is 0 Å². The van der Waals surface area contributed by atoms with Crippen molar-refractivity contribution < 1.29 is 83.4 Å². The number of aliphatic carboxylic acids is 4. The first-order valence-electron chi connectivity index (χ1n) is 21.7. The topological polar surface area (TPSA) is 481 Å². The van der Waals surface area contributed by atoms with Crippen LogP contribution in [0.25, 0.3) is 0 Å². The second-order valence-corrected chi connectivity index (χ2v) is 16.8. The van der Waals surface area contributed by atoms with Crippen LogP contribution in [0.15, 0.2) is 0 Å². The van der Waals surface area contributed by atoms with E-state index >= 15 is 0 Å². The van der Waals surface area contributed by atoms with Gasteiger partial charge in [-0.15, -0.1) is 0 Å². The number of carboxylic acids is 4. The van der Waals surface area contributed by atoms with E-state index in [1.807, 2.05) is 19.2 Å². The van der Waals surface area contributed by atoms with Crippen molar-refractivity contribution >= 4 is 71.2 Å². The van der Waals surface area contributed by atoms with Crippen LogP contribution in [0.3, 0.4) is 0 Å². The molecule has 0 aromatic rings. The van der Waals surface area contributed by atoms with Gasteiger partial charge in [0.05, 0.1) is 18.8 Å². The van der Waals surface area contributed by atoms with Gasteiger partial charge in [0.25, 0.3) is 0 Å². The average molecular weight is 976 g/mol. The first-order valence-corrected chi connectivity index (χ1v) is 21.7. The number of carboxylic acid groups (broad SMARTS) is 4. The van der Waals surface area contributed by atoms with Crippen molar-refractivity contribution in [2.75, 3.05) is 13.2 Å². The van der Waals surface area contributed by atoms with Gasteiger partial charge in [0.2, 0.25) is 41.4 Å². The summed E-state index contributed by atoms with van der Waals surface area (Å²) in [5.41, 5.74) is 11.4. The van der Waals surface area contributed by atoms with Gasteiger partial charge < -0.3 is 84.6 Å². The van der Waals surface area contributed by atoms with Crippen molar-refractivity contribution in [3.8, 4) is 0 Å². The fourth-order valence-electron chi connectivity index (χ4n) is 6.20. The molecule has 386 valence electrons. The molecule has 0 aromatic heterocycles. The molecule has 0 aromatic carbocycles. The maximum Gasteiger partial charge on any atom is 0.328 e. The standard InChI is InChI=1S/C40H69N11O17/c1-18(2)15-21(41)32(60)45-22(7-6-14-44-40(42)43)33(61)49-26(16-19(3)4)37(65)47-24(9-12-29(56)57)35(63)50-27(17-52)38(66)48-23(8-11-28(54)55)34(62)46-25(10-13-30(58)59)36(64)51-31(20(5)53)39(67)68/h18-27,31,52-53H,6-17,41H2,1-5H3,(H,45,60)(H,46,62)(H,47,65)(H,48,66)(H,49,61)(H,50,63)(H,51,64)(H,54,55)(H,56,57)(H,58,59)(H,67,68)(H4,42,43,44)/t20-,21+,22+,23+,24+,25+,26+,27+,31+/m1/s1. The fourth-order valence-corrected chi connectivity index (χ4v) is 6.20. The summed E-state index contributed by atoms with van der Waals surface area (Å²) >= 11 is 0. The molecule has 0 bridgehead atoms. The van der Waals surface area contributed by atoms with Crippen LogP contribution < -0.4 is 54.0 Å². The number of carbonyl (C=O) groups excluding carboxylic acids is 7. The predicted molar refractivity (Wildman–Crippen MR) is 237 cm³/mol. The van der Waals surface area contributed by atoms with E-state index in [1.54, 1.807) is 13.8 Å². The normalized spacial score (nSPS) is 15.0. The number of rotatable bonds is 34. The lowest BCUT2D eigenvalue weighted by molar-refractivity contribution is -0.145. The summed E-state index contributed by atoms with van der Waals surface area (Å²) in [6.45, 7) is 7.04. The minimum absolute atomic E-state index is 0.00678. The number of amides is 7. The molecule has 0 aliphatic carbocycles. The molecule has 0 unspecified atom stereocenters. The lowest BCUT2D eigenvalue weighted by atomic mass is 10.0. The maximum absolute atomic E-state index is 13.8. The van der Waals surface area contributed by atoms with Crippen LogP contribution in [-0.4, -0.2) is 169 Å². The van der Waals surface area contributed by atoms with Gasteiger partial charge in [0.15, 0.2) is 12.0 Å². The van der Waals surface area contributed by atoms with Crippen molar-refractivity contribution in [3.63, 3.8) is 0 Å². The lowest BCUT2D eigenvalue weighted by Gasteiger charge is -2.28. The molecule has 28 nitrogen and oxygen atoms in total. The second-order valence-electron chi connectivity index (χ2n) is 16.8. The molecule has 0 saturated carbocycles. The van der Waals surface area contributed by atoms with E-state index in [1.165, 1.54) is 0 Å². The van der Waals surface area contributed by atoms with Crippen molar-refractivity contribution in [1.29, 1.82) is 5.41 Å². The first kappa shape index (κ1) is 61.3. The molecule has 0 spiro atoms. The van der Waals surface area contributed by atoms with E-state index in [0.29, 0.717) is 0 Å². The van der Waals surface area contributed by atoms with Gasteiger partial charge in [-0.3, -0.25) is 53.4 Å². The number of nitrogens with one attached hydrogen (secondary N) is 9. The summed E-state index contributed by atoms with van der Waals surface area (Å²) in [6, 6.07) is -13.0. The number of hydrogen-bond donors (Lipinski definition) is 17. The van der Waals surface area contributed by atoms with Crippen LogP contribution in [0, 0.1) is 17.2 Å². The highest BCUT2D eigenvalue weighted by Crippen LogP contribution is 2.11. The molecule has 68 heavy (non-hydrogen) atoms. The van der Waals surface area contributed by atoms with E-state index in [4.69, 9.17) is 16.9 Å². The fraction of sp³-hybridized carbons (Fsp3) is 0.700. The zero-order valence-corrected chi connectivity index (χ0v) is 38.7. The molecule has 9 atom stereocenters. The van der Waals surface area contributed by atoms with Crippen molar-refractivity contribution in [1.82, 2.24) is 42.5 Å². The van der Waals surface area contributed by atoms with Crippen molar-refractivity contribution in [2.24, 2.45) is 23.3 Å². The smallest absolute Gasteiger partial charge is 0.328 e. The summed E-state index contributed by atoms with van der Waals surface area (Å²) in [4.78, 5) is 140. The minimum Gasteiger partial charge on any atom is -0.481 e. The highest BCUT2D eigenvalue weighted by atomic mass is 16.4. The Balaban J connectivity index is 6.55. The van der Waals surface area contributed by atoms with Crippen molar-refractivity contribution in [3.05, 3.63) is 0 Å². The predicted octanol–water partition coefficient (Wildman–Crippen LogP) is -4.89. The Labute approximate surface area is 391 Å². The largest absolute Gasteiger partial charge is 0.481 e. The Hall–Kier alpha value is -6.68. The zero-order chi connectivity index (χ0) is 52.4. The lowest BCUT2D eigenvalue weighted by Crippen LogP contribution is -2.61. The van der Waals surface area contributed by atoms with Crippen molar-refractivity contribution in [2.45, 2.75) is 153 Å². The molecule has 0 fully saturated rings. The van der Waals surface area contributed by atoms with Gasteiger partial charge in [0.1, 0.15) is 36.3 Å². The SMILES string of the molecule is CC(C)C[C@H](NC(=O)[C@H](CCCNC(=N)N)NC(=O)[C@@H](N)CC(C)C)C(=O)N[C@@H](CCC(=O)O)C(=O)N[C@@H](CO)C(=O)N[C@@H](CCC(=O)O)C(=O)N[C@@H](CCC(=O)O)C(=O)N[C@H](C(=O)O)[C@@H](C)O. The van der Waals surface area contributed by atoms with E-state index in [9.17, 15) is 83.4 Å². The van der Waals surface area contributed by atoms with Crippen LogP contribution in [0.4, 0.5) is 0 Å². The monoisotopic (exact) mass is 975 g/mol. The molecule has 0 rings (SSSR count). The van der Waals surface area contributed by atoms with E-state index < -0.39 is 165 Å². The molecule has 19 N–H and O–H groups in total. The molecule has 28 heteroatoms. The number of aliphatic hydroxyl groups is 2. The highest BCUT2D eigenvalue weighted by Gasteiger charge is 2.35. The van der Waals surface area contributed by atoms with Gasteiger partial charge >= 0.3 is 23.9 Å². The summed E-state index contributed by atoms with van der Waals surface area (Å²) in [7, 11) is 0. The number of aliphatic hydroxyl groups excluding tert-OH is 2. The van der Waals surface area contributed by atoms with Gasteiger partial charge in [-0.25, -0.2) is 4.79 Å². The third kappa shape index (κ3) is 25.3. The van der Waals surface area contributed by atoms with E-state index in [-0.39, 0.29) is 50.0 Å². The van der Waals surface area contributed by atoms with Gasteiger partial charge in [-0.2, -0.15) is 0 Å². The molecule has 0 heterocycles. The van der Waals surface area contributed by atoms with E-state index in [2.05, 4.69) is 37.2 Å². The van der Waals surface area contributed by atoms with Crippen LogP contribution in [0.2, 0.25) is 0 Å². The molecular weight excluding hydrogens is 906 g/mol. The Morgan fingerprint density at radius 2 is 0.838 bits per heavy atom. The van der Waals surface area contributed by atoms with Crippen LogP contribution >= 0.6 is 0 Å². The average Bonchev–Trinajstić information content (AvgIpc) is 3.22. The Bertz CT molecular complexity index is 1780. The minimum atomic E-state index is -1.98. The van der Waals surface area contributed by atoms with Gasteiger partial charge in [0, 0.05) is 25.8 Å². The summed E-state index contributed by atoms with van der Waals surface area (Å²) < 4.78 is 0. The molecule has 0 aliphatic heterocycles. The van der Waals surface area contributed by atoms with Crippen LogP contribution in [0.1, 0.15) is 98.8 Å². The molecule has 0 saturated heterocycles.